The topological polar surface area (TPSA) is 9.23 Å². The molecule has 0 amide bonds. The summed E-state index contributed by atoms with van der Waals surface area (Å²) in [6, 6.07) is 0. The van der Waals surface area contributed by atoms with Crippen molar-refractivity contribution in [2.24, 2.45) is 0 Å². The number of ether oxygens (including phenoxy) is 1. The Kier molecular flexibility index (Phi) is 3.88. The van der Waals surface area contributed by atoms with E-state index >= 15 is 0 Å². The predicted octanol–water partition coefficient (Wildman–Crippen LogP) is 2.21. The van der Waals surface area contributed by atoms with Crippen molar-refractivity contribution in [3.63, 3.8) is 0 Å². The minimum absolute atomic E-state index is 0. The molecule has 1 heteroatoms. The van der Waals surface area contributed by atoms with Gasteiger partial charge < -0.3 is 4.74 Å². The van der Waals surface area contributed by atoms with E-state index in [1.165, 1.54) is 19.3 Å². The van der Waals surface area contributed by atoms with Crippen molar-refractivity contribution in [1.29, 1.82) is 0 Å². The van der Waals surface area contributed by atoms with E-state index in [2.05, 4.69) is 6.92 Å². The highest BCUT2D eigenvalue weighted by Crippen LogP contribution is 2.13. The van der Waals surface area contributed by atoms with Gasteiger partial charge in [-0.15, -0.1) is 0 Å². The summed E-state index contributed by atoms with van der Waals surface area (Å²) in [6.45, 7) is 3.18. The monoisotopic (exact) mass is 116 g/mol. The summed E-state index contributed by atoms with van der Waals surface area (Å²) < 4.78 is 5.30. The van der Waals surface area contributed by atoms with Crippen LogP contribution in [0.1, 0.15) is 33.6 Å². The molecule has 1 aliphatic heterocycles. The van der Waals surface area contributed by atoms with E-state index in [0.29, 0.717) is 6.10 Å². The zero-order valence-corrected chi connectivity index (χ0v) is 4.81. The Hall–Kier alpha value is -0.0400. The first-order chi connectivity index (χ1) is 3.43. The molecule has 0 aromatic rings. The van der Waals surface area contributed by atoms with Crippen LogP contribution in [0.25, 0.3) is 0 Å². The van der Waals surface area contributed by atoms with Crippen molar-refractivity contribution in [3.05, 3.63) is 0 Å². The first-order valence-corrected chi connectivity index (χ1v) is 3.05. The highest BCUT2D eigenvalue weighted by Gasteiger charge is 2.11. The molecule has 0 spiro atoms. The molecule has 0 aromatic carbocycles. The van der Waals surface area contributed by atoms with Gasteiger partial charge in [-0.05, 0) is 19.3 Å². The maximum Gasteiger partial charge on any atom is 0.0573 e. The van der Waals surface area contributed by atoms with Gasteiger partial charge >= 0.3 is 0 Å². The maximum absolute atomic E-state index is 5.30. The molecule has 8 heavy (non-hydrogen) atoms. The summed E-state index contributed by atoms with van der Waals surface area (Å²) in [5, 5.41) is 0. The van der Waals surface area contributed by atoms with Gasteiger partial charge in [0, 0.05) is 6.61 Å². The van der Waals surface area contributed by atoms with Crippen molar-refractivity contribution in [1.82, 2.24) is 0 Å². The van der Waals surface area contributed by atoms with Gasteiger partial charge in [0.15, 0.2) is 0 Å². The van der Waals surface area contributed by atoms with Crippen molar-refractivity contribution in [2.75, 3.05) is 6.61 Å². The zero-order chi connectivity index (χ0) is 5.11. The van der Waals surface area contributed by atoms with Crippen LogP contribution in [-0.2, 0) is 4.74 Å². The Morgan fingerprint density at radius 1 is 1.62 bits per heavy atom. The fraction of sp³-hybridized carbons (Fsp3) is 1.00. The van der Waals surface area contributed by atoms with E-state index in [9.17, 15) is 0 Å². The van der Waals surface area contributed by atoms with E-state index in [1.807, 2.05) is 0 Å². The summed E-state index contributed by atoms with van der Waals surface area (Å²) in [5.74, 6) is 0. The van der Waals surface area contributed by atoms with Crippen molar-refractivity contribution >= 4 is 0 Å². The van der Waals surface area contributed by atoms with Gasteiger partial charge in [0.1, 0.15) is 0 Å². The minimum atomic E-state index is 0. The third-order valence-corrected chi connectivity index (χ3v) is 1.48. The molecule has 50 valence electrons. The fourth-order valence-corrected chi connectivity index (χ4v) is 0.966. The van der Waals surface area contributed by atoms with E-state index in [0.717, 1.165) is 6.61 Å². The lowest BCUT2D eigenvalue weighted by molar-refractivity contribution is 0.108. The molecular formula is C7H16O. The fourth-order valence-electron chi connectivity index (χ4n) is 0.966. The first-order valence-electron chi connectivity index (χ1n) is 3.05. The molecule has 1 rings (SSSR count). The van der Waals surface area contributed by atoms with E-state index < -0.39 is 0 Å². The lowest BCUT2D eigenvalue weighted by Crippen LogP contribution is -2.00. The van der Waals surface area contributed by atoms with Gasteiger partial charge in [-0.25, -0.2) is 0 Å². The van der Waals surface area contributed by atoms with Gasteiger partial charge in [-0.2, -0.15) is 0 Å². The standard InChI is InChI=1S/C6H12O.CH4/c1-2-6-4-3-5-7-6;/h6H,2-5H2,1H3;1H4/t6-;/m0./s1. The van der Waals surface area contributed by atoms with Crippen LogP contribution in [0.2, 0.25) is 0 Å². The first kappa shape index (κ1) is 7.96. The zero-order valence-electron chi connectivity index (χ0n) is 4.81. The summed E-state index contributed by atoms with van der Waals surface area (Å²) in [6.07, 6.45) is 4.36. The third kappa shape index (κ3) is 1.83. The highest BCUT2D eigenvalue weighted by molar-refractivity contribution is 4.60. The largest absolute Gasteiger partial charge is 0.378 e. The molecule has 1 atom stereocenters. The van der Waals surface area contributed by atoms with Crippen LogP contribution in [0.5, 0.6) is 0 Å². The maximum atomic E-state index is 5.30. The molecule has 0 radical (unpaired) electrons. The van der Waals surface area contributed by atoms with Gasteiger partial charge in [-0.3, -0.25) is 0 Å². The second-order valence-electron chi connectivity index (χ2n) is 2.04. The molecule has 0 N–H and O–H groups in total. The Morgan fingerprint density at radius 2 is 2.38 bits per heavy atom. The molecule has 0 unspecified atom stereocenters. The third-order valence-electron chi connectivity index (χ3n) is 1.48. The van der Waals surface area contributed by atoms with Gasteiger partial charge in [0.05, 0.1) is 6.10 Å². The molecule has 0 aliphatic carbocycles. The molecule has 1 aliphatic rings. The molecule has 1 fully saturated rings. The van der Waals surface area contributed by atoms with Gasteiger partial charge in [-0.1, -0.05) is 14.4 Å². The lowest BCUT2D eigenvalue weighted by Gasteiger charge is -2.01. The Balaban J connectivity index is 0.000000490. The van der Waals surface area contributed by atoms with E-state index in [-0.39, 0.29) is 7.43 Å². The van der Waals surface area contributed by atoms with Crippen LogP contribution >= 0.6 is 0 Å². The van der Waals surface area contributed by atoms with Crippen molar-refractivity contribution < 1.29 is 4.74 Å². The second-order valence-corrected chi connectivity index (χ2v) is 2.04. The lowest BCUT2D eigenvalue weighted by atomic mass is 10.2. The Labute approximate surface area is 52.0 Å². The SMILES string of the molecule is C.CC[C@H]1CCCO1. The average Bonchev–Trinajstić information content (AvgIpc) is 2.14. The molecule has 1 saturated heterocycles. The van der Waals surface area contributed by atoms with E-state index in [4.69, 9.17) is 4.74 Å². The molecular weight excluding hydrogens is 100 g/mol. The number of hydrogen-bond donors (Lipinski definition) is 0. The quantitative estimate of drug-likeness (QED) is 0.510. The number of rotatable bonds is 1. The summed E-state index contributed by atoms with van der Waals surface area (Å²) in [4.78, 5) is 0. The van der Waals surface area contributed by atoms with Gasteiger partial charge in [0.25, 0.3) is 0 Å². The molecule has 0 aromatic heterocycles. The van der Waals surface area contributed by atoms with Gasteiger partial charge in [0.2, 0.25) is 0 Å². The second kappa shape index (κ2) is 3.90. The van der Waals surface area contributed by atoms with Crippen LogP contribution in [0.3, 0.4) is 0 Å². The van der Waals surface area contributed by atoms with Crippen LogP contribution < -0.4 is 0 Å². The Bertz CT molecular complexity index is 46.3. The van der Waals surface area contributed by atoms with E-state index in [1.54, 1.807) is 0 Å². The van der Waals surface area contributed by atoms with Crippen molar-refractivity contribution in [2.45, 2.75) is 39.7 Å². The molecule has 1 heterocycles. The predicted molar refractivity (Wildman–Crippen MR) is 36.0 cm³/mol. The Morgan fingerprint density at radius 3 is 2.62 bits per heavy atom. The van der Waals surface area contributed by atoms with Crippen LogP contribution in [0.15, 0.2) is 0 Å². The van der Waals surface area contributed by atoms with Crippen LogP contribution in [0, 0.1) is 0 Å². The van der Waals surface area contributed by atoms with Crippen LogP contribution in [0.4, 0.5) is 0 Å². The normalized spacial score (nSPS) is 27.4. The van der Waals surface area contributed by atoms with Crippen LogP contribution in [-0.4, -0.2) is 12.7 Å². The molecule has 0 saturated carbocycles. The average molecular weight is 116 g/mol. The summed E-state index contributed by atoms with van der Waals surface area (Å²) >= 11 is 0. The summed E-state index contributed by atoms with van der Waals surface area (Å²) in [5.41, 5.74) is 0. The minimum Gasteiger partial charge on any atom is -0.378 e. The highest BCUT2D eigenvalue weighted by atomic mass is 16.5. The number of hydrogen-bond acceptors (Lipinski definition) is 1. The van der Waals surface area contributed by atoms with Crippen molar-refractivity contribution in [3.8, 4) is 0 Å². The molecule has 0 bridgehead atoms. The smallest absolute Gasteiger partial charge is 0.0573 e. The summed E-state index contributed by atoms with van der Waals surface area (Å²) in [7, 11) is 0. The molecule has 1 nitrogen and oxygen atoms in total.